The molecule has 1 atom stereocenters. The lowest BCUT2D eigenvalue weighted by Crippen LogP contribution is -2.39. The van der Waals surface area contributed by atoms with Gasteiger partial charge in [0.05, 0.1) is 28.5 Å². The number of hydrogen-bond donors (Lipinski definition) is 0. The third kappa shape index (κ3) is 5.26. The van der Waals surface area contributed by atoms with Crippen LogP contribution in [0.1, 0.15) is 36.6 Å². The lowest BCUT2D eigenvalue weighted by molar-refractivity contribution is -0.139. The second-order valence-electron chi connectivity index (χ2n) is 9.37. The molecule has 0 fully saturated rings. The topological polar surface area (TPSA) is 88.4 Å². The van der Waals surface area contributed by atoms with Crippen molar-refractivity contribution in [1.82, 2.24) is 4.57 Å². The van der Waals surface area contributed by atoms with Gasteiger partial charge in [0.25, 0.3) is 5.56 Å². The zero-order valence-corrected chi connectivity index (χ0v) is 23.8. The quantitative estimate of drug-likeness (QED) is 0.289. The first-order valence-corrected chi connectivity index (χ1v) is 14.2. The van der Waals surface area contributed by atoms with Gasteiger partial charge >= 0.3 is 5.97 Å². The summed E-state index contributed by atoms with van der Waals surface area (Å²) in [6.45, 7) is 4.12. The molecule has 41 heavy (non-hydrogen) atoms. The highest BCUT2D eigenvalue weighted by atomic mass is 35.5. The Morgan fingerprint density at radius 2 is 1.95 bits per heavy atom. The van der Waals surface area contributed by atoms with Crippen LogP contribution in [0.2, 0.25) is 5.02 Å². The summed E-state index contributed by atoms with van der Waals surface area (Å²) in [6, 6.07) is 19.6. The SMILES string of the molecule is CCOC(=O)C1=C(C)N=c2s/c(=C\c3cccc(OCc4ccccc4Cl)c3)c(=O)n2[C@H]1c1ccc2c(c1)OCO2. The number of nitrogens with zero attached hydrogens (tertiary/aromatic N) is 2. The lowest BCUT2D eigenvalue weighted by Gasteiger charge is -2.24. The van der Waals surface area contributed by atoms with Crippen molar-refractivity contribution in [3.8, 4) is 17.2 Å². The molecule has 1 aromatic heterocycles. The van der Waals surface area contributed by atoms with Crippen LogP contribution < -0.4 is 29.1 Å². The fourth-order valence-corrected chi connectivity index (χ4v) is 6.05. The number of carbonyl (C=O) groups excluding carboxylic acids is 1. The summed E-state index contributed by atoms with van der Waals surface area (Å²) in [5.74, 6) is 1.28. The van der Waals surface area contributed by atoms with Gasteiger partial charge in [-0.3, -0.25) is 9.36 Å². The van der Waals surface area contributed by atoms with E-state index >= 15 is 0 Å². The first-order chi connectivity index (χ1) is 19.9. The van der Waals surface area contributed by atoms with E-state index in [2.05, 4.69) is 4.99 Å². The number of allylic oxidation sites excluding steroid dienone is 1. The molecule has 0 saturated carbocycles. The molecule has 8 nitrogen and oxygen atoms in total. The van der Waals surface area contributed by atoms with Crippen LogP contribution >= 0.6 is 22.9 Å². The Bertz CT molecular complexity index is 1880. The molecule has 0 saturated heterocycles. The summed E-state index contributed by atoms with van der Waals surface area (Å²) in [5.41, 5.74) is 2.88. The van der Waals surface area contributed by atoms with Crippen LogP contribution in [0, 0.1) is 0 Å². The Morgan fingerprint density at radius 1 is 1.12 bits per heavy atom. The average Bonchev–Trinajstić information content (AvgIpc) is 3.55. The molecule has 0 spiro atoms. The highest BCUT2D eigenvalue weighted by Crippen LogP contribution is 2.38. The number of hydrogen-bond acceptors (Lipinski definition) is 8. The van der Waals surface area contributed by atoms with Crippen molar-refractivity contribution >= 4 is 35.0 Å². The highest BCUT2D eigenvalue weighted by Gasteiger charge is 2.34. The minimum Gasteiger partial charge on any atom is -0.489 e. The van der Waals surface area contributed by atoms with Gasteiger partial charge in [0.2, 0.25) is 6.79 Å². The van der Waals surface area contributed by atoms with Crippen LogP contribution in [0.5, 0.6) is 17.2 Å². The molecule has 3 aromatic carbocycles. The average molecular weight is 589 g/mol. The van der Waals surface area contributed by atoms with Crippen molar-refractivity contribution < 1.29 is 23.7 Å². The molecule has 0 unspecified atom stereocenters. The van der Waals surface area contributed by atoms with Crippen molar-refractivity contribution in [2.24, 2.45) is 4.99 Å². The van der Waals surface area contributed by atoms with Crippen molar-refractivity contribution in [3.63, 3.8) is 0 Å². The molecule has 3 heterocycles. The van der Waals surface area contributed by atoms with Gasteiger partial charge in [0, 0.05) is 10.6 Å². The Labute approximate surface area is 244 Å². The second-order valence-corrected chi connectivity index (χ2v) is 10.8. The highest BCUT2D eigenvalue weighted by molar-refractivity contribution is 7.07. The Morgan fingerprint density at radius 3 is 2.78 bits per heavy atom. The van der Waals surface area contributed by atoms with Crippen molar-refractivity contribution in [3.05, 3.63) is 119 Å². The van der Waals surface area contributed by atoms with E-state index in [-0.39, 0.29) is 19.0 Å². The smallest absolute Gasteiger partial charge is 0.338 e. The molecule has 0 amide bonds. The Hall–Kier alpha value is -4.34. The van der Waals surface area contributed by atoms with Gasteiger partial charge in [-0.1, -0.05) is 59.3 Å². The zero-order chi connectivity index (χ0) is 28.5. The van der Waals surface area contributed by atoms with Gasteiger partial charge in [-0.2, -0.15) is 0 Å². The molecule has 4 aromatic rings. The third-order valence-corrected chi connectivity index (χ3v) is 8.09. The molecule has 0 aliphatic carbocycles. The summed E-state index contributed by atoms with van der Waals surface area (Å²) in [7, 11) is 0. The van der Waals surface area contributed by atoms with Gasteiger partial charge in [-0.25, -0.2) is 9.79 Å². The number of esters is 1. The number of fused-ring (bicyclic) bond motifs is 2. The monoisotopic (exact) mass is 588 g/mol. The van der Waals surface area contributed by atoms with Crippen LogP contribution in [-0.4, -0.2) is 23.9 Å². The minimum atomic E-state index is -0.743. The van der Waals surface area contributed by atoms with E-state index in [1.165, 1.54) is 11.3 Å². The predicted molar refractivity (Wildman–Crippen MR) is 155 cm³/mol. The summed E-state index contributed by atoms with van der Waals surface area (Å²) < 4.78 is 24.4. The number of aromatic nitrogens is 1. The van der Waals surface area contributed by atoms with Crippen LogP contribution in [0.15, 0.2) is 87.8 Å². The van der Waals surface area contributed by atoms with Crippen LogP contribution in [-0.2, 0) is 16.1 Å². The molecule has 0 N–H and O–H groups in total. The van der Waals surface area contributed by atoms with E-state index in [0.717, 1.165) is 11.1 Å². The minimum absolute atomic E-state index is 0.113. The summed E-state index contributed by atoms with van der Waals surface area (Å²) >= 11 is 7.52. The maximum absolute atomic E-state index is 13.9. The van der Waals surface area contributed by atoms with E-state index in [4.69, 9.17) is 30.5 Å². The Kier molecular flexibility index (Phi) is 7.38. The third-order valence-electron chi connectivity index (χ3n) is 6.74. The predicted octanol–water partition coefficient (Wildman–Crippen LogP) is 4.76. The summed E-state index contributed by atoms with van der Waals surface area (Å²) in [6.07, 6.45) is 1.80. The number of rotatable bonds is 7. The summed E-state index contributed by atoms with van der Waals surface area (Å²) in [4.78, 5) is 32.2. The van der Waals surface area contributed by atoms with Crippen LogP contribution in [0.25, 0.3) is 6.08 Å². The normalized spacial score (nSPS) is 15.9. The number of benzene rings is 3. The largest absolute Gasteiger partial charge is 0.489 e. The standard InChI is InChI=1S/C31H25ClN2O6S/c1-3-37-30(36)27-18(2)33-31-34(28(27)20-11-12-24-25(15-20)40-17-39-24)29(35)26(41-31)14-19-7-6-9-22(13-19)38-16-21-8-4-5-10-23(21)32/h4-15,28H,3,16-17H2,1-2H3/b26-14-/t28-/m0/s1. The number of thiazole rings is 1. The van der Waals surface area contributed by atoms with E-state index in [9.17, 15) is 9.59 Å². The maximum atomic E-state index is 13.9. The maximum Gasteiger partial charge on any atom is 0.338 e. The van der Waals surface area contributed by atoms with Crippen molar-refractivity contribution in [1.29, 1.82) is 0 Å². The van der Waals surface area contributed by atoms with Gasteiger partial charge in [-0.05, 0) is 61.4 Å². The molecular formula is C31H25ClN2O6S. The molecule has 208 valence electrons. The summed E-state index contributed by atoms with van der Waals surface area (Å²) in [5, 5.41) is 0.638. The van der Waals surface area contributed by atoms with E-state index in [1.807, 2.05) is 54.6 Å². The molecule has 2 aliphatic rings. The molecule has 0 radical (unpaired) electrons. The van der Waals surface area contributed by atoms with E-state index in [1.54, 1.807) is 36.6 Å². The van der Waals surface area contributed by atoms with Crippen molar-refractivity contribution in [2.45, 2.75) is 26.5 Å². The first-order valence-electron chi connectivity index (χ1n) is 13.0. The lowest BCUT2D eigenvalue weighted by atomic mass is 9.95. The molecule has 0 bridgehead atoms. The van der Waals surface area contributed by atoms with Gasteiger partial charge in [0.15, 0.2) is 16.3 Å². The molecule has 6 rings (SSSR count). The Balaban J connectivity index is 1.40. The fourth-order valence-electron chi connectivity index (χ4n) is 4.81. The van der Waals surface area contributed by atoms with Crippen LogP contribution in [0.3, 0.4) is 0 Å². The van der Waals surface area contributed by atoms with Gasteiger partial charge in [-0.15, -0.1) is 0 Å². The number of ether oxygens (including phenoxy) is 4. The van der Waals surface area contributed by atoms with E-state index < -0.39 is 12.0 Å². The second kappa shape index (κ2) is 11.3. The molecular weight excluding hydrogens is 564 g/mol. The number of halogens is 1. The van der Waals surface area contributed by atoms with Gasteiger partial charge < -0.3 is 18.9 Å². The fraction of sp³-hybridized carbons (Fsp3) is 0.194. The molecule has 10 heteroatoms. The van der Waals surface area contributed by atoms with Crippen molar-refractivity contribution in [2.75, 3.05) is 13.4 Å². The zero-order valence-electron chi connectivity index (χ0n) is 22.3. The van der Waals surface area contributed by atoms with Gasteiger partial charge in [0.1, 0.15) is 12.4 Å². The molecule has 2 aliphatic heterocycles. The van der Waals surface area contributed by atoms with E-state index in [0.29, 0.717) is 55.0 Å². The number of carbonyl (C=O) groups is 1. The van der Waals surface area contributed by atoms with Crippen LogP contribution in [0.4, 0.5) is 0 Å². The first kappa shape index (κ1) is 26.9.